The van der Waals surface area contributed by atoms with Crippen LogP contribution in [0, 0.1) is 0 Å². The predicted octanol–water partition coefficient (Wildman–Crippen LogP) is 3.18. The number of allylic oxidation sites excluding steroid dienone is 1. The zero-order valence-electron chi connectivity index (χ0n) is 11.1. The van der Waals surface area contributed by atoms with E-state index in [-0.39, 0.29) is 17.7 Å². The molecule has 0 saturated heterocycles. The third-order valence-corrected chi connectivity index (χ3v) is 3.37. The lowest BCUT2D eigenvalue weighted by molar-refractivity contribution is 0.0905. The first kappa shape index (κ1) is 12.7. The van der Waals surface area contributed by atoms with E-state index in [1.807, 2.05) is 36.4 Å². The van der Waals surface area contributed by atoms with Crippen molar-refractivity contribution in [2.75, 3.05) is 0 Å². The average Bonchev–Trinajstić information content (AvgIpc) is 2.99. The Kier molecular flexibility index (Phi) is 3.63. The average molecular weight is 268 g/mol. The van der Waals surface area contributed by atoms with Crippen LogP contribution in [-0.2, 0) is 0 Å². The van der Waals surface area contributed by atoms with Crippen LogP contribution >= 0.6 is 0 Å². The van der Waals surface area contributed by atoms with Gasteiger partial charge in [-0.05, 0) is 19.3 Å². The summed E-state index contributed by atoms with van der Waals surface area (Å²) in [6.45, 7) is 0. The highest BCUT2D eigenvalue weighted by Gasteiger charge is 2.17. The summed E-state index contributed by atoms with van der Waals surface area (Å²) >= 11 is 0. The first-order valence-electron chi connectivity index (χ1n) is 6.82. The molecule has 1 heterocycles. The molecular weight excluding hydrogens is 252 g/mol. The number of carbonyl (C=O) groups is 1. The Labute approximate surface area is 117 Å². The van der Waals surface area contributed by atoms with E-state index in [0.29, 0.717) is 5.69 Å². The van der Waals surface area contributed by atoms with Gasteiger partial charge in [-0.15, -0.1) is 0 Å². The Morgan fingerprint density at radius 2 is 2.15 bits per heavy atom. The van der Waals surface area contributed by atoms with Gasteiger partial charge in [0.25, 0.3) is 5.91 Å². The Balaban J connectivity index is 1.71. The van der Waals surface area contributed by atoms with E-state index in [0.717, 1.165) is 24.8 Å². The van der Waals surface area contributed by atoms with E-state index in [9.17, 15) is 4.79 Å². The number of hydrogen-bond donors (Lipinski definition) is 1. The maximum absolute atomic E-state index is 12.1. The molecule has 0 spiro atoms. The summed E-state index contributed by atoms with van der Waals surface area (Å²) in [6, 6.07) is 11.4. The van der Waals surface area contributed by atoms with Crippen molar-refractivity contribution < 1.29 is 9.32 Å². The molecule has 1 aromatic heterocycles. The number of carbonyl (C=O) groups excluding carboxylic acids is 1. The van der Waals surface area contributed by atoms with Crippen molar-refractivity contribution in [3.63, 3.8) is 0 Å². The summed E-state index contributed by atoms with van der Waals surface area (Å²) in [5.41, 5.74) is 1.61. The van der Waals surface area contributed by atoms with Gasteiger partial charge in [-0.25, -0.2) is 0 Å². The highest BCUT2D eigenvalue weighted by molar-refractivity contribution is 5.92. The number of nitrogens with zero attached hydrogens (tertiary/aromatic N) is 1. The second kappa shape index (κ2) is 5.74. The third-order valence-electron chi connectivity index (χ3n) is 3.37. The van der Waals surface area contributed by atoms with Gasteiger partial charge >= 0.3 is 0 Å². The molecule has 0 saturated carbocycles. The van der Waals surface area contributed by atoms with Crippen LogP contribution in [0.2, 0.25) is 0 Å². The van der Waals surface area contributed by atoms with E-state index in [1.165, 1.54) is 0 Å². The normalized spacial score (nSPS) is 17.9. The molecule has 1 aliphatic carbocycles. The third kappa shape index (κ3) is 2.79. The summed E-state index contributed by atoms with van der Waals surface area (Å²) in [6.07, 6.45) is 7.31. The minimum atomic E-state index is -0.212. The lowest BCUT2D eigenvalue weighted by Crippen LogP contribution is -2.34. The minimum Gasteiger partial charge on any atom is -0.350 e. The van der Waals surface area contributed by atoms with E-state index in [1.54, 1.807) is 6.07 Å². The van der Waals surface area contributed by atoms with Crippen LogP contribution in [0.5, 0.6) is 0 Å². The fourth-order valence-electron chi connectivity index (χ4n) is 2.30. The number of benzene rings is 1. The lowest BCUT2D eigenvalue weighted by atomic mass is 10.0. The van der Waals surface area contributed by atoms with Crippen molar-refractivity contribution in [2.24, 2.45) is 0 Å². The molecule has 1 N–H and O–H groups in total. The van der Waals surface area contributed by atoms with Crippen molar-refractivity contribution in [1.82, 2.24) is 10.5 Å². The number of nitrogens with one attached hydrogen (secondary N) is 1. The van der Waals surface area contributed by atoms with Crippen molar-refractivity contribution in [3.05, 3.63) is 54.3 Å². The molecule has 1 amide bonds. The predicted molar refractivity (Wildman–Crippen MR) is 76.2 cm³/mol. The lowest BCUT2D eigenvalue weighted by Gasteiger charge is -2.16. The molecule has 0 fully saturated rings. The molecular formula is C16H16N2O2. The van der Waals surface area contributed by atoms with Crippen LogP contribution in [0.4, 0.5) is 0 Å². The fourth-order valence-corrected chi connectivity index (χ4v) is 2.30. The monoisotopic (exact) mass is 268 g/mol. The van der Waals surface area contributed by atoms with Crippen molar-refractivity contribution in [2.45, 2.75) is 25.3 Å². The molecule has 20 heavy (non-hydrogen) atoms. The van der Waals surface area contributed by atoms with Crippen LogP contribution in [0.3, 0.4) is 0 Å². The SMILES string of the molecule is O=C(NC1C=CCCC1)c1cc(-c2ccccc2)no1. The molecule has 1 aromatic carbocycles. The van der Waals surface area contributed by atoms with Gasteiger partial charge in [-0.3, -0.25) is 4.79 Å². The van der Waals surface area contributed by atoms with E-state index >= 15 is 0 Å². The van der Waals surface area contributed by atoms with Gasteiger partial charge in [0.15, 0.2) is 0 Å². The quantitative estimate of drug-likeness (QED) is 0.870. The van der Waals surface area contributed by atoms with Crippen LogP contribution in [0.15, 0.2) is 53.1 Å². The van der Waals surface area contributed by atoms with Crippen molar-refractivity contribution >= 4 is 5.91 Å². The van der Waals surface area contributed by atoms with Gasteiger partial charge in [0.2, 0.25) is 5.76 Å². The molecule has 1 atom stereocenters. The Morgan fingerprint density at radius 1 is 1.30 bits per heavy atom. The molecule has 3 rings (SSSR count). The molecule has 1 aliphatic rings. The molecule has 0 radical (unpaired) electrons. The maximum atomic E-state index is 12.1. The Bertz CT molecular complexity index is 616. The second-order valence-electron chi connectivity index (χ2n) is 4.88. The number of hydrogen-bond acceptors (Lipinski definition) is 3. The van der Waals surface area contributed by atoms with Gasteiger partial charge < -0.3 is 9.84 Å². The second-order valence-corrected chi connectivity index (χ2v) is 4.88. The number of aromatic nitrogens is 1. The van der Waals surface area contributed by atoms with Crippen molar-refractivity contribution in [1.29, 1.82) is 0 Å². The summed E-state index contributed by atoms with van der Waals surface area (Å²) in [4.78, 5) is 12.1. The minimum absolute atomic E-state index is 0.0986. The topological polar surface area (TPSA) is 55.1 Å². The highest BCUT2D eigenvalue weighted by atomic mass is 16.5. The van der Waals surface area contributed by atoms with E-state index in [2.05, 4.69) is 16.5 Å². The van der Waals surface area contributed by atoms with Gasteiger partial charge in [0, 0.05) is 17.7 Å². The molecule has 0 aliphatic heterocycles. The summed E-state index contributed by atoms with van der Waals surface area (Å²) in [7, 11) is 0. The Morgan fingerprint density at radius 3 is 2.90 bits per heavy atom. The molecule has 2 aromatic rings. The summed E-state index contributed by atoms with van der Waals surface area (Å²) in [5, 5.41) is 6.89. The number of amides is 1. The summed E-state index contributed by atoms with van der Waals surface area (Å²) in [5.74, 6) is 0.0408. The highest BCUT2D eigenvalue weighted by Crippen LogP contribution is 2.19. The zero-order valence-corrected chi connectivity index (χ0v) is 11.1. The standard InChI is InChI=1S/C16H16N2O2/c19-16(17-13-9-5-2-6-10-13)15-11-14(18-20-15)12-7-3-1-4-8-12/h1,3-5,7-9,11,13H,2,6,10H2,(H,17,19). The van der Waals surface area contributed by atoms with Crippen LogP contribution < -0.4 is 5.32 Å². The molecule has 102 valence electrons. The van der Waals surface area contributed by atoms with Crippen LogP contribution in [0.1, 0.15) is 29.8 Å². The van der Waals surface area contributed by atoms with E-state index in [4.69, 9.17) is 4.52 Å². The molecule has 4 nitrogen and oxygen atoms in total. The maximum Gasteiger partial charge on any atom is 0.290 e. The first-order chi connectivity index (χ1) is 9.83. The van der Waals surface area contributed by atoms with Crippen molar-refractivity contribution in [3.8, 4) is 11.3 Å². The van der Waals surface area contributed by atoms with Gasteiger partial charge in [0.05, 0.1) is 0 Å². The largest absolute Gasteiger partial charge is 0.350 e. The summed E-state index contributed by atoms with van der Waals surface area (Å²) < 4.78 is 5.14. The Hall–Kier alpha value is -2.36. The van der Waals surface area contributed by atoms with Gasteiger partial charge in [-0.1, -0.05) is 47.6 Å². The fraction of sp³-hybridized carbons (Fsp3) is 0.250. The van der Waals surface area contributed by atoms with Crippen LogP contribution in [-0.4, -0.2) is 17.1 Å². The smallest absolute Gasteiger partial charge is 0.290 e. The van der Waals surface area contributed by atoms with Gasteiger partial charge in [0.1, 0.15) is 5.69 Å². The van der Waals surface area contributed by atoms with Gasteiger partial charge in [-0.2, -0.15) is 0 Å². The zero-order chi connectivity index (χ0) is 13.8. The molecule has 0 bridgehead atoms. The molecule has 1 unspecified atom stereocenters. The number of rotatable bonds is 3. The molecule has 4 heteroatoms. The van der Waals surface area contributed by atoms with Crippen LogP contribution in [0.25, 0.3) is 11.3 Å². The van der Waals surface area contributed by atoms with E-state index < -0.39 is 0 Å². The first-order valence-corrected chi connectivity index (χ1v) is 6.82.